The Balaban J connectivity index is 4.69. The Hall–Kier alpha value is 0.677. The van der Waals surface area contributed by atoms with E-state index in [0.717, 1.165) is 0 Å². The van der Waals surface area contributed by atoms with E-state index in [-0.39, 0.29) is 0 Å². The van der Waals surface area contributed by atoms with Gasteiger partial charge < -0.3 is 0 Å². The van der Waals surface area contributed by atoms with E-state index in [1.807, 2.05) is 0 Å². The molecule has 0 bridgehead atoms. The number of hydrogen-bond acceptors (Lipinski definition) is 0. The van der Waals surface area contributed by atoms with Crippen LogP contribution in [0.5, 0.6) is 0 Å². The van der Waals surface area contributed by atoms with Crippen LogP contribution in [0, 0.1) is 9.42 Å². The normalized spacial score (nSPS) is 12.1. The molecule has 0 unspecified atom stereocenters. The van der Waals surface area contributed by atoms with Gasteiger partial charge in [0.25, 0.3) is 0 Å². The molecule has 0 aliphatic carbocycles. The first-order valence-electron chi connectivity index (χ1n) is 5.68. The molecule has 0 aliphatic heterocycles. The van der Waals surface area contributed by atoms with E-state index in [1.165, 1.54) is 20.8 Å². The third-order valence-corrected chi connectivity index (χ3v) is 18.7. The molecule has 0 rings (SSSR count). The maximum atomic E-state index is 3.74. The van der Waals surface area contributed by atoms with Crippen LogP contribution in [0.25, 0.3) is 0 Å². The van der Waals surface area contributed by atoms with Crippen LogP contribution >= 0.6 is 0 Å². The third kappa shape index (κ3) is 4.46. The summed E-state index contributed by atoms with van der Waals surface area (Å²) in [5.74, 6) is 0. The van der Waals surface area contributed by atoms with Gasteiger partial charge in [0, 0.05) is 0 Å². The van der Waals surface area contributed by atoms with Crippen LogP contribution in [0.4, 0.5) is 0 Å². The Morgan fingerprint density at radius 1 is 0.643 bits per heavy atom. The van der Waals surface area contributed by atoms with E-state index in [4.69, 9.17) is 0 Å². The van der Waals surface area contributed by atoms with Crippen molar-refractivity contribution in [2.45, 2.75) is 60.0 Å². The van der Waals surface area contributed by atoms with E-state index in [2.05, 4.69) is 48.5 Å². The zero-order valence-electron chi connectivity index (χ0n) is 10.7. The quantitative estimate of drug-likeness (QED) is 0.535. The van der Waals surface area contributed by atoms with Crippen LogP contribution in [0.2, 0.25) is 32.3 Å². The predicted molar refractivity (Wildman–Crippen MR) is 72.9 cm³/mol. The van der Waals surface area contributed by atoms with Crippen molar-refractivity contribution in [3.05, 3.63) is 0 Å². The molecule has 0 aromatic rings. The topological polar surface area (TPSA) is 0 Å². The van der Waals surface area contributed by atoms with Crippen LogP contribution in [0.1, 0.15) is 27.7 Å². The minimum absolute atomic E-state index is 1.35. The van der Waals surface area contributed by atoms with Crippen molar-refractivity contribution in [2.75, 3.05) is 0 Å². The van der Waals surface area contributed by atoms with Crippen molar-refractivity contribution in [1.29, 1.82) is 0 Å². The van der Waals surface area contributed by atoms with Gasteiger partial charge in [0.2, 0.25) is 0 Å². The summed E-state index contributed by atoms with van der Waals surface area (Å²) in [4.78, 5) is 0. The fourth-order valence-electron chi connectivity index (χ4n) is 1.00. The van der Waals surface area contributed by atoms with Crippen molar-refractivity contribution in [3.8, 4) is 9.42 Å². The summed E-state index contributed by atoms with van der Waals surface area (Å²) in [6.45, 7) is 9.30. The SMILES string of the molecule is CC[As+](C)(C#C[As+](C)(CC)CC)CC. The van der Waals surface area contributed by atoms with Crippen LogP contribution in [0.3, 0.4) is 0 Å². The second kappa shape index (κ2) is 6.30. The zero-order valence-corrected chi connectivity index (χ0v) is 14.5. The maximum absolute atomic E-state index is 3.74. The Morgan fingerprint density at radius 3 is 1.00 bits per heavy atom. The van der Waals surface area contributed by atoms with E-state index in [0.29, 0.717) is 0 Å². The molecule has 0 radical (unpaired) electrons. The summed E-state index contributed by atoms with van der Waals surface area (Å²) >= 11 is -2.99. The first kappa shape index (κ1) is 14.7. The second-order valence-corrected chi connectivity index (χ2v) is 22.2. The molecule has 82 valence electrons. The van der Waals surface area contributed by atoms with Crippen molar-refractivity contribution < 1.29 is 0 Å². The predicted octanol–water partition coefficient (Wildman–Crippen LogP) is 4.31. The molecule has 0 fully saturated rings. The van der Waals surface area contributed by atoms with E-state index >= 15 is 0 Å². The van der Waals surface area contributed by atoms with E-state index in [9.17, 15) is 0 Å². The summed E-state index contributed by atoms with van der Waals surface area (Å²) in [6, 6.07) is 0. The van der Waals surface area contributed by atoms with E-state index < -0.39 is 27.1 Å². The summed E-state index contributed by atoms with van der Waals surface area (Å²) in [5, 5.41) is 5.41. The fourth-order valence-corrected chi connectivity index (χ4v) is 10.5. The summed E-state index contributed by atoms with van der Waals surface area (Å²) < 4.78 is 7.47. The van der Waals surface area contributed by atoms with Crippen LogP contribution in [-0.2, 0) is 0 Å². The standard InChI is InChI=1S/C12H26As2/c1-7-13(5,8-2)11-12-14(6,9-3)10-4/h7-10H2,1-6H3/q+2. The molecule has 0 saturated heterocycles. The Morgan fingerprint density at radius 2 is 0.857 bits per heavy atom. The van der Waals surface area contributed by atoms with Crippen LogP contribution in [-0.4, -0.2) is 27.1 Å². The molecular formula is C12H26As2+2. The van der Waals surface area contributed by atoms with Gasteiger partial charge in [-0.3, -0.25) is 0 Å². The summed E-state index contributed by atoms with van der Waals surface area (Å²) in [5.41, 5.74) is 4.94. The molecule has 0 heterocycles. The molecule has 2 heteroatoms. The van der Waals surface area contributed by atoms with Gasteiger partial charge in [0.15, 0.2) is 0 Å². The number of rotatable bonds is 4. The minimum atomic E-state index is -1.50. The molecular weight excluding hydrogens is 294 g/mol. The van der Waals surface area contributed by atoms with Gasteiger partial charge in [0.05, 0.1) is 0 Å². The molecule has 0 N–H and O–H groups in total. The molecule has 0 spiro atoms. The molecule has 0 nitrogen and oxygen atoms in total. The Kier molecular flexibility index (Phi) is 6.61. The molecule has 0 atom stereocenters. The zero-order chi connectivity index (χ0) is 11.2. The average Bonchev–Trinajstić information content (AvgIpc) is 2.25. The van der Waals surface area contributed by atoms with Gasteiger partial charge in [-0.2, -0.15) is 0 Å². The van der Waals surface area contributed by atoms with Gasteiger partial charge in [-0.15, -0.1) is 0 Å². The first-order chi connectivity index (χ1) is 6.45. The van der Waals surface area contributed by atoms with Crippen molar-refractivity contribution in [3.63, 3.8) is 0 Å². The molecule has 0 aliphatic rings. The van der Waals surface area contributed by atoms with Gasteiger partial charge in [-0.1, -0.05) is 0 Å². The van der Waals surface area contributed by atoms with E-state index in [1.54, 1.807) is 0 Å². The number of hydrogen-bond donors (Lipinski definition) is 0. The van der Waals surface area contributed by atoms with Crippen molar-refractivity contribution in [1.82, 2.24) is 0 Å². The molecule has 0 aromatic heterocycles. The summed E-state index contributed by atoms with van der Waals surface area (Å²) in [7, 11) is 0. The van der Waals surface area contributed by atoms with Gasteiger partial charge >= 0.3 is 96.5 Å². The Bertz CT molecular complexity index is 192. The summed E-state index contributed by atoms with van der Waals surface area (Å²) in [6.07, 6.45) is 0. The van der Waals surface area contributed by atoms with Crippen molar-refractivity contribution >= 4 is 27.1 Å². The Labute approximate surface area is 96.1 Å². The van der Waals surface area contributed by atoms with Gasteiger partial charge in [0.1, 0.15) is 0 Å². The fraction of sp³-hybridized carbons (Fsp3) is 0.833. The average molecular weight is 320 g/mol. The van der Waals surface area contributed by atoms with Gasteiger partial charge in [-0.05, 0) is 0 Å². The molecule has 0 amide bonds. The third-order valence-electron chi connectivity index (χ3n) is 3.38. The first-order valence-corrected chi connectivity index (χ1v) is 16.6. The molecule has 0 saturated carbocycles. The van der Waals surface area contributed by atoms with Crippen LogP contribution < -0.4 is 0 Å². The monoisotopic (exact) mass is 320 g/mol. The van der Waals surface area contributed by atoms with Crippen molar-refractivity contribution in [2.24, 2.45) is 0 Å². The van der Waals surface area contributed by atoms with Gasteiger partial charge in [-0.25, -0.2) is 0 Å². The second-order valence-electron chi connectivity index (χ2n) is 4.28. The molecule has 14 heavy (non-hydrogen) atoms. The molecule has 0 aromatic carbocycles. The van der Waals surface area contributed by atoms with Crippen LogP contribution in [0.15, 0.2) is 0 Å².